The second-order valence-electron chi connectivity index (χ2n) is 4.30. The average Bonchev–Trinajstić information content (AvgIpc) is 2.13. The highest BCUT2D eigenvalue weighted by Gasteiger charge is 2.39. The van der Waals surface area contributed by atoms with Crippen molar-refractivity contribution in [2.45, 2.75) is 41.0 Å². The molecule has 0 saturated carbocycles. The SMILES string of the molecule is CCC(C)(C(=O)OC)C(C)C(C)C. The summed E-state index contributed by atoms with van der Waals surface area (Å²) in [6.45, 7) is 10.4. The number of carbonyl (C=O) groups is 1. The monoisotopic (exact) mass is 186 g/mol. The number of esters is 1. The predicted molar refractivity (Wildman–Crippen MR) is 54.4 cm³/mol. The van der Waals surface area contributed by atoms with Crippen molar-refractivity contribution < 1.29 is 9.53 Å². The topological polar surface area (TPSA) is 26.3 Å². The van der Waals surface area contributed by atoms with Crippen LogP contribution in [0.3, 0.4) is 0 Å². The zero-order chi connectivity index (χ0) is 10.6. The molecule has 0 aliphatic carbocycles. The van der Waals surface area contributed by atoms with Gasteiger partial charge < -0.3 is 4.74 Å². The summed E-state index contributed by atoms with van der Waals surface area (Å²) in [5, 5.41) is 0. The molecule has 78 valence electrons. The Kier molecular flexibility index (Phi) is 4.45. The summed E-state index contributed by atoms with van der Waals surface area (Å²) in [4.78, 5) is 11.6. The van der Waals surface area contributed by atoms with E-state index in [2.05, 4.69) is 20.8 Å². The van der Waals surface area contributed by atoms with Gasteiger partial charge in [-0.1, -0.05) is 27.7 Å². The minimum atomic E-state index is -0.330. The molecule has 0 heterocycles. The van der Waals surface area contributed by atoms with E-state index in [0.717, 1.165) is 6.42 Å². The smallest absolute Gasteiger partial charge is 0.311 e. The fourth-order valence-electron chi connectivity index (χ4n) is 1.62. The third-order valence-corrected chi connectivity index (χ3v) is 3.39. The van der Waals surface area contributed by atoms with E-state index in [1.807, 2.05) is 13.8 Å². The fraction of sp³-hybridized carbons (Fsp3) is 0.909. The van der Waals surface area contributed by atoms with Crippen LogP contribution in [0.5, 0.6) is 0 Å². The molecule has 0 bridgehead atoms. The van der Waals surface area contributed by atoms with E-state index in [1.54, 1.807) is 0 Å². The molecule has 0 saturated heterocycles. The van der Waals surface area contributed by atoms with Gasteiger partial charge in [0.1, 0.15) is 0 Å². The molecule has 13 heavy (non-hydrogen) atoms. The summed E-state index contributed by atoms with van der Waals surface area (Å²) in [6, 6.07) is 0. The molecule has 0 aromatic carbocycles. The van der Waals surface area contributed by atoms with Gasteiger partial charge in [-0.15, -0.1) is 0 Å². The van der Waals surface area contributed by atoms with Crippen LogP contribution in [0.2, 0.25) is 0 Å². The summed E-state index contributed by atoms with van der Waals surface area (Å²) < 4.78 is 4.84. The number of ether oxygens (including phenoxy) is 1. The quantitative estimate of drug-likeness (QED) is 0.631. The maximum absolute atomic E-state index is 11.6. The molecule has 2 heteroatoms. The zero-order valence-corrected chi connectivity index (χ0v) is 9.68. The first-order chi connectivity index (χ1) is 5.90. The van der Waals surface area contributed by atoms with Crippen LogP contribution in [-0.2, 0) is 9.53 Å². The third-order valence-electron chi connectivity index (χ3n) is 3.39. The van der Waals surface area contributed by atoms with Crippen LogP contribution in [0.25, 0.3) is 0 Å². The third kappa shape index (κ3) is 2.45. The van der Waals surface area contributed by atoms with E-state index < -0.39 is 0 Å². The van der Waals surface area contributed by atoms with Crippen molar-refractivity contribution in [2.24, 2.45) is 17.3 Å². The molecule has 0 radical (unpaired) electrons. The van der Waals surface area contributed by atoms with Crippen LogP contribution in [-0.4, -0.2) is 13.1 Å². The molecule has 2 nitrogen and oxygen atoms in total. The first kappa shape index (κ1) is 12.5. The highest BCUT2D eigenvalue weighted by Crippen LogP contribution is 2.36. The lowest BCUT2D eigenvalue weighted by atomic mass is 9.71. The molecule has 0 spiro atoms. The van der Waals surface area contributed by atoms with Gasteiger partial charge in [-0.05, 0) is 25.2 Å². The Morgan fingerprint density at radius 2 is 1.85 bits per heavy atom. The second kappa shape index (κ2) is 4.64. The van der Waals surface area contributed by atoms with E-state index in [1.165, 1.54) is 7.11 Å². The Balaban J connectivity index is 4.71. The van der Waals surface area contributed by atoms with Crippen molar-refractivity contribution in [1.82, 2.24) is 0 Å². The van der Waals surface area contributed by atoms with E-state index in [-0.39, 0.29) is 11.4 Å². The Morgan fingerprint density at radius 1 is 1.38 bits per heavy atom. The average molecular weight is 186 g/mol. The van der Waals surface area contributed by atoms with Crippen molar-refractivity contribution in [3.63, 3.8) is 0 Å². The number of methoxy groups -OCH3 is 1. The molecule has 0 aromatic rings. The highest BCUT2D eigenvalue weighted by molar-refractivity contribution is 5.76. The summed E-state index contributed by atoms with van der Waals surface area (Å²) in [6.07, 6.45) is 0.832. The van der Waals surface area contributed by atoms with Gasteiger partial charge in [0.05, 0.1) is 12.5 Å². The number of hydrogen-bond acceptors (Lipinski definition) is 2. The van der Waals surface area contributed by atoms with Crippen LogP contribution >= 0.6 is 0 Å². The van der Waals surface area contributed by atoms with Crippen LogP contribution in [0.4, 0.5) is 0 Å². The Bertz CT molecular complexity index is 175. The molecule has 0 aliphatic rings. The van der Waals surface area contributed by atoms with E-state index in [0.29, 0.717) is 11.8 Å². The molecular weight excluding hydrogens is 164 g/mol. The molecule has 0 rings (SSSR count). The first-order valence-electron chi connectivity index (χ1n) is 4.98. The Morgan fingerprint density at radius 3 is 2.08 bits per heavy atom. The lowest BCUT2D eigenvalue weighted by Crippen LogP contribution is -2.37. The molecule has 0 aromatic heterocycles. The Labute approximate surface area is 81.7 Å². The summed E-state index contributed by atoms with van der Waals surface area (Å²) in [5.74, 6) is 0.769. The summed E-state index contributed by atoms with van der Waals surface area (Å²) in [5.41, 5.74) is -0.330. The van der Waals surface area contributed by atoms with Crippen molar-refractivity contribution >= 4 is 5.97 Å². The molecule has 0 amide bonds. The van der Waals surface area contributed by atoms with Gasteiger partial charge in [-0.25, -0.2) is 0 Å². The van der Waals surface area contributed by atoms with Crippen molar-refractivity contribution in [3.05, 3.63) is 0 Å². The Hall–Kier alpha value is -0.530. The van der Waals surface area contributed by atoms with Crippen LogP contribution < -0.4 is 0 Å². The molecule has 2 atom stereocenters. The first-order valence-corrected chi connectivity index (χ1v) is 4.98. The minimum Gasteiger partial charge on any atom is -0.469 e. The van der Waals surface area contributed by atoms with Gasteiger partial charge in [0.15, 0.2) is 0 Å². The van der Waals surface area contributed by atoms with Gasteiger partial charge in [0.2, 0.25) is 0 Å². The maximum Gasteiger partial charge on any atom is 0.311 e. The zero-order valence-electron chi connectivity index (χ0n) is 9.68. The largest absolute Gasteiger partial charge is 0.469 e. The van der Waals surface area contributed by atoms with Crippen molar-refractivity contribution in [1.29, 1.82) is 0 Å². The molecule has 0 aliphatic heterocycles. The van der Waals surface area contributed by atoms with Crippen molar-refractivity contribution in [3.8, 4) is 0 Å². The maximum atomic E-state index is 11.6. The molecular formula is C11H22O2. The fourth-order valence-corrected chi connectivity index (χ4v) is 1.62. The van der Waals surface area contributed by atoms with Crippen LogP contribution in [0.15, 0.2) is 0 Å². The minimum absolute atomic E-state index is 0.0869. The second-order valence-corrected chi connectivity index (χ2v) is 4.30. The van der Waals surface area contributed by atoms with E-state index in [9.17, 15) is 4.79 Å². The van der Waals surface area contributed by atoms with Crippen molar-refractivity contribution in [2.75, 3.05) is 7.11 Å². The molecule has 0 N–H and O–H groups in total. The van der Waals surface area contributed by atoms with Gasteiger partial charge in [-0.2, -0.15) is 0 Å². The predicted octanol–water partition coefficient (Wildman–Crippen LogP) is 2.87. The number of carbonyl (C=O) groups excluding carboxylic acids is 1. The normalized spacial score (nSPS) is 18.1. The standard InChI is InChI=1S/C11H22O2/c1-7-11(5,10(12)13-6)9(4)8(2)3/h8-9H,7H2,1-6H3. The van der Waals surface area contributed by atoms with Gasteiger partial charge in [0.25, 0.3) is 0 Å². The number of rotatable bonds is 4. The van der Waals surface area contributed by atoms with Gasteiger partial charge in [0, 0.05) is 0 Å². The highest BCUT2D eigenvalue weighted by atomic mass is 16.5. The van der Waals surface area contributed by atoms with Gasteiger partial charge in [-0.3, -0.25) is 4.79 Å². The van der Waals surface area contributed by atoms with Crippen LogP contribution in [0, 0.1) is 17.3 Å². The lowest BCUT2D eigenvalue weighted by Gasteiger charge is -2.34. The summed E-state index contributed by atoms with van der Waals surface area (Å²) in [7, 11) is 1.46. The lowest BCUT2D eigenvalue weighted by molar-refractivity contribution is -0.156. The molecule has 0 fully saturated rings. The van der Waals surface area contributed by atoms with E-state index >= 15 is 0 Å². The molecule has 2 unspecified atom stereocenters. The van der Waals surface area contributed by atoms with Crippen LogP contribution in [0.1, 0.15) is 41.0 Å². The summed E-state index contributed by atoms with van der Waals surface area (Å²) >= 11 is 0. The van der Waals surface area contributed by atoms with Gasteiger partial charge >= 0.3 is 5.97 Å². The van der Waals surface area contributed by atoms with E-state index in [4.69, 9.17) is 4.74 Å². The number of hydrogen-bond donors (Lipinski definition) is 0.